The first-order valence-corrected chi connectivity index (χ1v) is 14.5. The molecule has 0 spiro atoms. The second kappa shape index (κ2) is 9.54. The van der Waals surface area contributed by atoms with Gasteiger partial charge in [-0.15, -0.1) is 0 Å². The normalized spacial score (nSPS) is 42.9. The molecule has 1 heterocycles. The lowest BCUT2D eigenvalue weighted by molar-refractivity contribution is -0.148. The molecule has 0 bridgehead atoms. The van der Waals surface area contributed by atoms with Crippen molar-refractivity contribution >= 4 is 5.97 Å². The zero-order valence-electron chi connectivity index (χ0n) is 23.0. The maximum absolute atomic E-state index is 11.5. The van der Waals surface area contributed by atoms with Crippen molar-refractivity contribution in [2.75, 3.05) is 13.2 Å². The molecule has 1 aliphatic heterocycles. The minimum atomic E-state index is -0.134. The van der Waals surface area contributed by atoms with E-state index >= 15 is 0 Å². The van der Waals surface area contributed by atoms with E-state index in [1.165, 1.54) is 31.4 Å². The molecule has 0 aromatic rings. The van der Waals surface area contributed by atoms with Gasteiger partial charge < -0.3 is 14.2 Å². The molecule has 4 aliphatic carbocycles. The summed E-state index contributed by atoms with van der Waals surface area (Å²) in [6.45, 7) is 15.1. The fourth-order valence-electron chi connectivity index (χ4n) is 9.33. The fraction of sp³-hybridized carbons (Fsp3) is 0.839. The maximum Gasteiger partial charge on any atom is 0.302 e. The van der Waals surface area contributed by atoms with Gasteiger partial charge in [-0.25, -0.2) is 0 Å². The van der Waals surface area contributed by atoms with Gasteiger partial charge in [0.15, 0.2) is 0 Å². The van der Waals surface area contributed by atoms with E-state index in [1.807, 2.05) is 0 Å². The van der Waals surface area contributed by atoms with E-state index < -0.39 is 0 Å². The van der Waals surface area contributed by atoms with E-state index in [0.29, 0.717) is 23.4 Å². The second-order valence-corrected chi connectivity index (χ2v) is 13.1. The van der Waals surface area contributed by atoms with Crippen LogP contribution in [-0.2, 0) is 19.0 Å². The Morgan fingerprint density at radius 1 is 1.23 bits per heavy atom. The van der Waals surface area contributed by atoms with Crippen LogP contribution in [0.15, 0.2) is 23.0 Å². The number of hydrogen-bond acceptors (Lipinski definition) is 4. The molecule has 0 aromatic carbocycles. The number of carbonyl (C=O) groups is 1. The third-order valence-corrected chi connectivity index (χ3v) is 11.1. The molecule has 4 nitrogen and oxygen atoms in total. The van der Waals surface area contributed by atoms with E-state index in [-0.39, 0.29) is 17.5 Å². The van der Waals surface area contributed by atoms with Gasteiger partial charge in [-0.05, 0) is 98.9 Å². The highest BCUT2D eigenvalue weighted by molar-refractivity contribution is 5.66. The van der Waals surface area contributed by atoms with Gasteiger partial charge in [0.25, 0.3) is 0 Å². The zero-order valence-corrected chi connectivity index (χ0v) is 23.0. The Labute approximate surface area is 213 Å². The van der Waals surface area contributed by atoms with Crippen LogP contribution in [0.3, 0.4) is 0 Å². The number of rotatable bonds is 7. The van der Waals surface area contributed by atoms with Gasteiger partial charge in [0.1, 0.15) is 12.2 Å². The summed E-state index contributed by atoms with van der Waals surface area (Å²) >= 11 is 0. The van der Waals surface area contributed by atoms with E-state index in [2.05, 4.69) is 40.7 Å². The van der Waals surface area contributed by atoms with Crippen LogP contribution in [0, 0.1) is 40.4 Å². The van der Waals surface area contributed by atoms with E-state index in [1.54, 1.807) is 18.1 Å². The highest BCUT2D eigenvalue weighted by Crippen LogP contribution is 2.69. The number of carbonyl (C=O) groups excluding carboxylic acids is 1. The van der Waals surface area contributed by atoms with Crippen LogP contribution in [0.1, 0.15) is 99.3 Å². The van der Waals surface area contributed by atoms with Crippen LogP contribution >= 0.6 is 0 Å². The number of fused-ring (bicyclic) bond motifs is 7. The molecular weight excluding hydrogens is 436 g/mol. The van der Waals surface area contributed by atoms with Crippen molar-refractivity contribution in [1.82, 2.24) is 0 Å². The summed E-state index contributed by atoms with van der Waals surface area (Å²) in [5.41, 5.74) is 3.79. The smallest absolute Gasteiger partial charge is 0.302 e. The summed E-state index contributed by atoms with van der Waals surface area (Å²) < 4.78 is 18.0. The van der Waals surface area contributed by atoms with Crippen molar-refractivity contribution in [3.63, 3.8) is 0 Å². The molecule has 0 N–H and O–H groups in total. The largest absolute Gasteiger partial charge is 0.494 e. The summed E-state index contributed by atoms with van der Waals surface area (Å²) in [4.78, 5) is 11.5. The molecule has 9 atom stereocenters. The van der Waals surface area contributed by atoms with Crippen LogP contribution in [0.2, 0.25) is 0 Å². The van der Waals surface area contributed by atoms with Gasteiger partial charge in [0.05, 0.1) is 5.76 Å². The maximum atomic E-state index is 11.5. The van der Waals surface area contributed by atoms with Crippen molar-refractivity contribution in [2.45, 2.75) is 112 Å². The van der Waals surface area contributed by atoms with Crippen LogP contribution in [0.25, 0.3) is 0 Å². The highest BCUT2D eigenvalue weighted by Gasteiger charge is 2.63. The van der Waals surface area contributed by atoms with Gasteiger partial charge >= 0.3 is 5.97 Å². The first-order valence-electron chi connectivity index (χ1n) is 14.5. The first-order chi connectivity index (χ1) is 16.7. The quantitative estimate of drug-likeness (QED) is 0.282. The number of esters is 1. The fourth-order valence-corrected chi connectivity index (χ4v) is 9.33. The topological polar surface area (TPSA) is 44.8 Å². The lowest BCUT2D eigenvalue weighted by Gasteiger charge is -2.58. The molecule has 35 heavy (non-hydrogen) atoms. The molecular formula is C31H48O4. The summed E-state index contributed by atoms with van der Waals surface area (Å²) in [6.07, 6.45) is 13.5. The van der Waals surface area contributed by atoms with Crippen molar-refractivity contribution in [3.05, 3.63) is 23.0 Å². The monoisotopic (exact) mass is 484 g/mol. The lowest BCUT2D eigenvalue weighted by Crippen LogP contribution is -2.50. The van der Waals surface area contributed by atoms with Gasteiger partial charge in [-0.3, -0.25) is 4.79 Å². The van der Waals surface area contributed by atoms with E-state index in [0.717, 1.165) is 63.1 Å². The van der Waals surface area contributed by atoms with Crippen molar-refractivity contribution in [3.8, 4) is 0 Å². The Bertz CT molecular complexity index is 888. The van der Waals surface area contributed by atoms with Crippen LogP contribution in [0.5, 0.6) is 0 Å². The van der Waals surface area contributed by atoms with Crippen LogP contribution in [0.4, 0.5) is 0 Å². The van der Waals surface area contributed by atoms with Crippen molar-refractivity contribution in [1.29, 1.82) is 0 Å². The molecule has 3 fully saturated rings. The Hall–Kier alpha value is -1.29. The third-order valence-electron chi connectivity index (χ3n) is 11.1. The second-order valence-electron chi connectivity index (χ2n) is 13.1. The Kier molecular flexibility index (Phi) is 6.91. The average molecular weight is 485 g/mol. The van der Waals surface area contributed by atoms with Crippen LogP contribution in [-0.4, -0.2) is 31.4 Å². The summed E-state index contributed by atoms with van der Waals surface area (Å²) in [7, 11) is 0. The molecule has 3 saturated carbocycles. The number of allylic oxidation sites excluding steroid dienone is 2. The zero-order chi connectivity index (χ0) is 25.0. The van der Waals surface area contributed by atoms with Gasteiger partial charge in [0.2, 0.25) is 0 Å². The third kappa shape index (κ3) is 4.30. The predicted molar refractivity (Wildman–Crippen MR) is 139 cm³/mol. The van der Waals surface area contributed by atoms with E-state index in [4.69, 9.17) is 14.2 Å². The number of hydrogen-bond donors (Lipinski definition) is 0. The van der Waals surface area contributed by atoms with Gasteiger partial charge in [-0.2, -0.15) is 0 Å². The predicted octanol–water partition coefficient (Wildman–Crippen LogP) is 7.23. The number of ether oxygens (including phenoxy) is 3. The Balaban J connectivity index is 1.30. The molecule has 0 amide bonds. The summed E-state index contributed by atoms with van der Waals surface area (Å²) in [6, 6.07) is 0. The minimum absolute atomic E-state index is 0.0823. The highest BCUT2D eigenvalue weighted by atomic mass is 16.5. The van der Waals surface area contributed by atoms with Crippen LogP contribution < -0.4 is 0 Å². The molecule has 0 radical (unpaired) electrons. The average Bonchev–Trinajstić information content (AvgIpc) is 3.29. The molecule has 0 aromatic heterocycles. The van der Waals surface area contributed by atoms with E-state index in [9.17, 15) is 4.79 Å². The van der Waals surface area contributed by atoms with Crippen molar-refractivity contribution in [2.24, 2.45) is 40.4 Å². The molecule has 5 unspecified atom stereocenters. The first kappa shape index (κ1) is 25.4. The van der Waals surface area contributed by atoms with Gasteiger partial charge in [-0.1, -0.05) is 32.4 Å². The molecule has 4 heteroatoms. The Morgan fingerprint density at radius 3 is 2.77 bits per heavy atom. The molecule has 5 aliphatic rings. The van der Waals surface area contributed by atoms with Gasteiger partial charge in [0, 0.05) is 38.9 Å². The minimum Gasteiger partial charge on any atom is -0.494 e. The summed E-state index contributed by atoms with van der Waals surface area (Å²) in [5.74, 6) is 4.63. The molecule has 196 valence electrons. The SMILES string of the molecule is CCOC[C@@H](C)CCC1=C(C)C2C(CC3C4CC=C5C[C@@H](OC(C)=O)CC[C@]5(C)C4CC[C@@]32C)O1. The Morgan fingerprint density at radius 2 is 2.03 bits per heavy atom. The standard InChI is InChI=1S/C31H48O4/c1-7-33-18-19(2)8-11-27-20(3)29-28(35-27)17-26-24-10-9-22-16-23(34-21(4)32)12-14-30(22,5)25(24)13-15-31(26,29)6/h9,19,23-26,28-29H,7-8,10-18H2,1-6H3/t19-,23-,24?,25?,26?,28?,29?,30-,31-/m0/s1. The summed E-state index contributed by atoms with van der Waals surface area (Å²) in [5, 5.41) is 0. The van der Waals surface area contributed by atoms with Crippen molar-refractivity contribution < 1.29 is 19.0 Å². The lowest BCUT2D eigenvalue weighted by atomic mass is 9.47. The molecule has 0 saturated heterocycles. The molecule has 5 rings (SSSR count).